The summed E-state index contributed by atoms with van der Waals surface area (Å²) in [4.78, 5) is 4.94. The Morgan fingerprint density at radius 1 is 0.679 bits per heavy atom. The average Bonchev–Trinajstić information content (AvgIpc) is 2.79. The van der Waals surface area contributed by atoms with Crippen molar-refractivity contribution in [3.8, 4) is 11.3 Å². The van der Waals surface area contributed by atoms with Gasteiger partial charge >= 0.3 is 0 Å². The molecule has 1 aromatic heterocycles. The van der Waals surface area contributed by atoms with Crippen LogP contribution in [0.25, 0.3) is 32.8 Å². The van der Waals surface area contributed by atoms with Crippen LogP contribution >= 0.6 is 0 Å². The number of benzene rings is 3. The maximum Gasteiger partial charge on any atom is 0.0789 e. The van der Waals surface area contributed by atoms with E-state index in [1.54, 1.807) is 0 Å². The molecule has 1 heterocycles. The molecule has 138 valence electrons. The van der Waals surface area contributed by atoms with Crippen molar-refractivity contribution in [1.29, 1.82) is 0 Å². The summed E-state index contributed by atoms with van der Waals surface area (Å²) in [6.45, 7) is 0. The fourth-order valence-corrected chi connectivity index (χ4v) is 5.94. The monoisotopic (exact) mass is 363 g/mol. The highest BCUT2D eigenvalue weighted by Gasteiger charge is 2.37. The Balaban J connectivity index is 1.66. The molecule has 0 saturated heterocycles. The minimum atomic E-state index is 0.688. The Hall–Kier alpha value is -2.67. The zero-order chi connectivity index (χ0) is 18.5. The second-order valence-corrected chi connectivity index (χ2v) is 8.75. The first-order valence-electron chi connectivity index (χ1n) is 10.7. The number of pyridine rings is 1. The maximum absolute atomic E-state index is 4.94. The molecule has 0 amide bonds. The van der Waals surface area contributed by atoms with Crippen molar-refractivity contribution in [3.63, 3.8) is 0 Å². The van der Waals surface area contributed by atoms with Gasteiger partial charge in [-0.1, -0.05) is 73.5 Å². The van der Waals surface area contributed by atoms with Crippen molar-refractivity contribution >= 4 is 21.5 Å². The molecule has 3 aliphatic rings. The highest BCUT2D eigenvalue weighted by Crippen LogP contribution is 2.52. The predicted molar refractivity (Wildman–Crippen MR) is 117 cm³/mol. The van der Waals surface area contributed by atoms with Crippen LogP contribution < -0.4 is 0 Å². The third-order valence-corrected chi connectivity index (χ3v) is 7.32. The summed E-state index contributed by atoms with van der Waals surface area (Å²) >= 11 is 0. The Morgan fingerprint density at radius 2 is 1.39 bits per heavy atom. The van der Waals surface area contributed by atoms with Crippen molar-refractivity contribution in [3.05, 3.63) is 78.5 Å². The third-order valence-electron chi connectivity index (χ3n) is 7.32. The molecule has 3 aliphatic carbocycles. The number of fused-ring (bicyclic) bond motifs is 5. The lowest BCUT2D eigenvalue weighted by Gasteiger charge is -2.43. The molecule has 0 aliphatic heterocycles. The van der Waals surface area contributed by atoms with Crippen LogP contribution in [0.15, 0.2) is 72.9 Å². The second-order valence-electron chi connectivity index (χ2n) is 8.75. The molecule has 1 heteroatoms. The molecule has 1 atom stereocenters. The fraction of sp³-hybridized carbons (Fsp3) is 0.296. The van der Waals surface area contributed by atoms with Crippen LogP contribution in [0.5, 0.6) is 0 Å². The van der Waals surface area contributed by atoms with Crippen LogP contribution in [0.3, 0.4) is 0 Å². The van der Waals surface area contributed by atoms with Crippen molar-refractivity contribution in [2.45, 2.75) is 38.0 Å². The van der Waals surface area contributed by atoms with Crippen LogP contribution in [0.2, 0.25) is 0 Å². The first-order valence-corrected chi connectivity index (χ1v) is 10.7. The molecule has 1 nitrogen and oxygen atoms in total. The van der Waals surface area contributed by atoms with Gasteiger partial charge in [-0.25, -0.2) is 0 Å². The average molecular weight is 364 g/mol. The maximum atomic E-state index is 4.94. The van der Waals surface area contributed by atoms with Gasteiger partial charge in [0.05, 0.1) is 5.69 Å². The number of nitrogens with zero attached hydrogens (tertiary/aromatic N) is 1. The molecule has 0 radical (unpaired) electrons. The van der Waals surface area contributed by atoms with E-state index in [1.165, 1.54) is 64.8 Å². The van der Waals surface area contributed by atoms with Gasteiger partial charge in [-0.2, -0.15) is 0 Å². The van der Waals surface area contributed by atoms with Gasteiger partial charge in [0.2, 0.25) is 0 Å². The fourth-order valence-electron chi connectivity index (χ4n) is 5.94. The zero-order valence-electron chi connectivity index (χ0n) is 16.1. The van der Waals surface area contributed by atoms with E-state index in [9.17, 15) is 0 Å². The largest absolute Gasteiger partial charge is 0.256 e. The molecule has 4 aromatic rings. The van der Waals surface area contributed by atoms with E-state index in [2.05, 4.69) is 66.7 Å². The lowest BCUT2D eigenvalue weighted by molar-refractivity contribution is 0.145. The highest BCUT2D eigenvalue weighted by atomic mass is 14.7. The topological polar surface area (TPSA) is 12.9 Å². The van der Waals surface area contributed by atoms with Crippen LogP contribution in [-0.2, 0) is 0 Å². The molecule has 0 N–H and O–H groups in total. The predicted octanol–water partition coefficient (Wildman–Crippen LogP) is 7.35. The SMILES string of the molecule is c1ccc2c(-c3c([C@H]4CC5CCC4CC5)ccc4ccccc34)nccc2c1. The normalized spacial score (nSPS) is 24.1. The van der Waals surface area contributed by atoms with Crippen LogP contribution in [-0.4, -0.2) is 4.98 Å². The van der Waals surface area contributed by atoms with Gasteiger partial charge in [-0.15, -0.1) is 0 Å². The minimum Gasteiger partial charge on any atom is -0.256 e. The molecule has 0 unspecified atom stereocenters. The van der Waals surface area contributed by atoms with Crippen LogP contribution in [0.1, 0.15) is 43.6 Å². The van der Waals surface area contributed by atoms with Crippen molar-refractivity contribution < 1.29 is 0 Å². The van der Waals surface area contributed by atoms with E-state index in [4.69, 9.17) is 4.98 Å². The molecular weight excluding hydrogens is 338 g/mol. The molecule has 28 heavy (non-hydrogen) atoms. The van der Waals surface area contributed by atoms with Gasteiger partial charge in [0, 0.05) is 17.1 Å². The molecule has 3 aromatic carbocycles. The molecular formula is C27H25N. The molecule has 3 fully saturated rings. The van der Waals surface area contributed by atoms with E-state index in [0.717, 1.165) is 17.5 Å². The van der Waals surface area contributed by atoms with E-state index in [0.29, 0.717) is 5.92 Å². The van der Waals surface area contributed by atoms with Crippen molar-refractivity contribution in [1.82, 2.24) is 4.98 Å². The van der Waals surface area contributed by atoms with E-state index >= 15 is 0 Å². The first kappa shape index (κ1) is 16.3. The van der Waals surface area contributed by atoms with Gasteiger partial charge in [0.15, 0.2) is 0 Å². The summed E-state index contributed by atoms with van der Waals surface area (Å²) in [7, 11) is 0. The molecule has 0 spiro atoms. The third kappa shape index (κ3) is 2.49. The van der Waals surface area contributed by atoms with E-state index < -0.39 is 0 Å². The number of rotatable bonds is 2. The van der Waals surface area contributed by atoms with Crippen LogP contribution in [0, 0.1) is 11.8 Å². The van der Waals surface area contributed by atoms with Crippen molar-refractivity contribution in [2.75, 3.05) is 0 Å². The Bertz CT molecular complexity index is 1160. The first-order chi connectivity index (χ1) is 13.9. The smallest absolute Gasteiger partial charge is 0.0789 e. The Kier molecular flexibility index (Phi) is 3.75. The van der Waals surface area contributed by atoms with Gasteiger partial charge in [0.1, 0.15) is 0 Å². The summed E-state index contributed by atoms with van der Waals surface area (Å²) in [6.07, 6.45) is 9.04. The van der Waals surface area contributed by atoms with E-state index in [-0.39, 0.29) is 0 Å². The lowest BCUT2D eigenvalue weighted by Crippen LogP contribution is -2.30. The number of hydrogen-bond donors (Lipinski definition) is 0. The summed E-state index contributed by atoms with van der Waals surface area (Å²) in [5.74, 6) is 2.46. The molecule has 7 rings (SSSR count). The summed E-state index contributed by atoms with van der Waals surface area (Å²) in [5, 5.41) is 5.21. The lowest BCUT2D eigenvalue weighted by atomic mass is 9.62. The quantitative estimate of drug-likeness (QED) is 0.363. The van der Waals surface area contributed by atoms with Crippen molar-refractivity contribution in [2.24, 2.45) is 11.8 Å². The van der Waals surface area contributed by atoms with Gasteiger partial charge < -0.3 is 0 Å². The van der Waals surface area contributed by atoms with Gasteiger partial charge in [-0.3, -0.25) is 4.98 Å². The van der Waals surface area contributed by atoms with E-state index in [1.807, 2.05) is 6.20 Å². The molecule has 2 bridgehead atoms. The number of aromatic nitrogens is 1. The van der Waals surface area contributed by atoms with Crippen LogP contribution in [0.4, 0.5) is 0 Å². The summed E-state index contributed by atoms with van der Waals surface area (Å²) in [5.41, 5.74) is 4.08. The summed E-state index contributed by atoms with van der Waals surface area (Å²) in [6, 6.07) is 24.4. The molecule has 3 saturated carbocycles. The Morgan fingerprint density at radius 3 is 2.14 bits per heavy atom. The Labute approximate surface area is 166 Å². The van der Waals surface area contributed by atoms with Gasteiger partial charge in [0.25, 0.3) is 0 Å². The minimum absolute atomic E-state index is 0.688. The number of hydrogen-bond acceptors (Lipinski definition) is 1. The standard InChI is InChI=1S/C27H25N/c1-3-7-22-19(5-1)13-14-24(25-17-18-9-11-21(25)12-10-18)26(22)27-23-8-4-2-6-20(23)15-16-28-27/h1-8,13-16,18,21,25H,9-12,17H2/t18?,21?,25-/m0/s1. The highest BCUT2D eigenvalue weighted by molar-refractivity contribution is 6.05. The van der Waals surface area contributed by atoms with Gasteiger partial charge in [-0.05, 0) is 64.8 Å². The summed E-state index contributed by atoms with van der Waals surface area (Å²) < 4.78 is 0. The zero-order valence-corrected chi connectivity index (χ0v) is 16.1. The second kappa shape index (κ2) is 6.44.